The van der Waals surface area contributed by atoms with Crippen LogP contribution in [0.15, 0.2) is 10.9 Å². The third kappa shape index (κ3) is 3.69. The van der Waals surface area contributed by atoms with Crippen LogP contribution in [0.4, 0.5) is 0 Å². The van der Waals surface area contributed by atoms with Gasteiger partial charge in [-0.3, -0.25) is 14.2 Å². The van der Waals surface area contributed by atoms with E-state index in [9.17, 15) is 9.59 Å². The number of esters is 1. The molecule has 0 N–H and O–H groups in total. The van der Waals surface area contributed by atoms with E-state index < -0.39 is 5.97 Å². The van der Waals surface area contributed by atoms with Gasteiger partial charge < -0.3 is 4.74 Å². The molecule has 0 bridgehead atoms. The molecule has 21 heavy (non-hydrogen) atoms. The summed E-state index contributed by atoms with van der Waals surface area (Å²) in [6.45, 7) is 8.11. The number of thiophene rings is 1. The highest BCUT2D eigenvalue weighted by atomic mass is 32.1. The van der Waals surface area contributed by atoms with Crippen molar-refractivity contribution >= 4 is 27.5 Å². The zero-order valence-corrected chi connectivity index (χ0v) is 13.6. The highest BCUT2D eigenvalue weighted by Gasteiger charge is 2.14. The predicted molar refractivity (Wildman–Crippen MR) is 83.8 cm³/mol. The van der Waals surface area contributed by atoms with Crippen LogP contribution in [0.25, 0.3) is 10.2 Å². The fraction of sp³-hybridized carbons (Fsp3) is 0.533. The van der Waals surface area contributed by atoms with E-state index in [1.165, 1.54) is 15.9 Å². The van der Waals surface area contributed by atoms with Crippen molar-refractivity contribution in [2.45, 2.75) is 40.7 Å². The second-order valence-corrected chi connectivity index (χ2v) is 6.76. The summed E-state index contributed by atoms with van der Waals surface area (Å²) in [6.07, 6.45) is 0.820. The average molecular weight is 308 g/mol. The number of ether oxygens (including phenoxy) is 1. The molecule has 0 aliphatic carbocycles. The van der Waals surface area contributed by atoms with Gasteiger partial charge >= 0.3 is 5.97 Å². The van der Waals surface area contributed by atoms with Crippen LogP contribution in [0.5, 0.6) is 0 Å². The molecule has 0 aromatic carbocycles. The Labute approximate surface area is 127 Å². The van der Waals surface area contributed by atoms with E-state index in [0.717, 1.165) is 16.1 Å². The van der Waals surface area contributed by atoms with E-state index in [2.05, 4.69) is 18.8 Å². The normalized spacial score (nSPS) is 11.3. The number of nitrogens with zero attached hydrogens (tertiary/aromatic N) is 2. The summed E-state index contributed by atoms with van der Waals surface area (Å²) in [4.78, 5) is 30.4. The number of carbonyl (C=O) groups is 1. The maximum absolute atomic E-state index is 12.4. The fourth-order valence-electron chi connectivity index (χ4n) is 2.01. The molecular weight excluding hydrogens is 288 g/mol. The molecule has 0 unspecified atom stereocenters. The van der Waals surface area contributed by atoms with Crippen molar-refractivity contribution in [3.63, 3.8) is 0 Å². The van der Waals surface area contributed by atoms with Gasteiger partial charge in [0.1, 0.15) is 17.2 Å². The Morgan fingerprint density at radius 2 is 2.14 bits per heavy atom. The topological polar surface area (TPSA) is 61.2 Å². The number of fused-ring (bicyclic) bond motifs is 1. The third-order valence-electron chi connectivity index (χ3n) is 3.21. The van der Waals surface area contributed by atoms with Crippen LogP contribution in [-0.2, 0) is 16.1 Å². The number of aryl methyl sites for hydroxylation is 2. The van der Waals surface area contributed by atoms with Gasteiger partial charge in [0.25, 0.3) is 5.56 Å². The molecule has 6 heteroatoms. The van der Waals surface area contributed by atoms with Crippen LogP contribution in [0.2, 0.25) is 0 Å². The van der Waals surface area contributed by atoms with E-state index in [1.54, 1.807) is 6.92 Å². The molecule has 0 atom stereocenters. The quantitative estimate of drug-likeness (QED) is 0.797. The average Bonchev–Trinajstić information content (AvgIpc) is 2.75. The lowest BCUT2D eigenvalue weighted by Crippen LogP contribution is -2.28. The van der Waals surface area contributed by atoms with Gasteiger partial charge in [0.05, 0.1) is 12.0 Å². The minimum Gasteiger partial charge on any atom is -0.464 e. The third-order valence-corrected chi connectivity index (χ3v) is 4.16. The van der Waals surface area contributed by atoms with Gasteiger partial charge in [-0.1, -0.05) is 13.8 Å². The zero-order valence-electron chi connectivity index (χ0n) is 12.8. The molecule has 2 rings (SSSR count). The van der Waals surface area contributed by atoms with Gasteiger partial charge in [-0.05, 0) is 32.3 Å². The van der Waals surface area contributed by atoms with Crippen LogP contribution in [0.1, 0.15) is 31.0 Å². The van der Waals surface area contributed by atoms with Gasteiger partial charge in [-0.15, -0.1) is 11.3 Å². The van der Waals surface area contributed by atoms with Crippen molar-refractivity contribution in [2.24, 2.45) is 5.92 Å². The van der Waals surface area contributed by atoms with E-state index >= 15 is 0 Å². The van der Waals surface area contributed by atoms with Crippen LogP contribution < -0.4 is 5.56 Å². The first kappa shape index (κ1) is 15.7. The monoisotopic (exact) mass is 308 g/mol. The largest absolute Gasteiger partial charge is 0.464 e. The molecule has 0 saturated heterocycles. The van der Waals surface area contributed by atoms with Crippen molar-refractivity contribution in [1.82, 2.24) is 9.55 Å². The van der Waals surface area contributed by atoms with E-state index in [-0.39, 0.29) is 12.1 Å². The standard InChI is InChI=1S/C15H20N2O3S/c1-9(2)5-6-20-13(18)8-17-11(4)16-14-12(15(17)19)7-10(3)21-14/h7,9H,5-6,8H2,1-4H3. The number of carbonyl (C=O) groups excluding carboxylic acids is 1. The first-order valence-corrected chi connectivity index (χ1v) is 7.83. The van der Waals surface area contributed by atoms with Crippen molar-refractivity contribution in [3.05, 3.63) is 27.1 Å². The molecule has 2 aromatic rings. The molecule has 0 saturated carbocycles. The molecule has 114 valence electrons. The Kier molecular flexibility index (Phi) is 4.77. The van der Waals surface area contributed by atoms with Crippen LogP contribution in [-0.4, -0.2) is 22.1 Å². The lowest BCUT2D eigenvalue weighted by atomic mass is 10.1. The Hall–Kier alpha value is -1.69. The molecule has 0 radical (unpaired) electrons. The summed E-state index contributed by atoms with van der Waals surface area (Å²) in [7, 11) is 0. The van der Waals surface area contributed by atoms with Crippen molar-refractivity contribution in [3.8, 4) is 0 Å². The molecule has 0 spiro atoms. The summed E-state index contributed by atoms with van der Waals surface area (Å²) in [6, 6.07) is 1.81. The van der Waals surface area contributed by atoms with E-state index in [1.807, 2.05) is 13.0 Å². The van der Waals surface area contributed by atoms with E-state index in [0.29, 0.717) is 23.7 Å². The Balaban J connectivity index is 2.18. The summed E-state index contributed by atoms with van der Waals surface area (Å²) in [5.74, 6) is 0.623. The van der Waals surface area contributed by atoms with E-state index in [4.69, 9.17) is 4.74 Å². The van der Waals surface area contributed by atoms with Crippen LogP contribution in [0, 0.1) is 19.8 Å². The number of aromatic nitrogens is 2. The number of hydrogen-bond acceptors (Lipinski definition) is 5. The zero-order chi connectivity index (χ0) is 15.6. The smallest absolute Gasteiger partial charge is 0.326 e. The summed E-state index contributed by atoms with van der Waals surface area (Å²) < 4.78 is 6.54. The predicted octanol–water partition coefficient (Wildman–Crippen LogP) is 2.66. The minimum absolute atomic E-state index is 0.0827. The molecule has 2 aromatic heterocycles. The first-order chi connectivity index (χ1) is 9.88. The Bertz CT molecular complexity index is 716. The Morgan fingerprint density at radius 3 is 2.81 bits per heavy atom. The first-order valence-electron chi connectivity index (χ1n) is 7.01. The molecule has 0 aliphatic heterocycles. The van der Waals surface area contributed by atoms with Gasteiger partial charge in [0.15, 0.2) is 0 Å². The Morgan fingerprint density at radius 1 is 1.43 bits per heavy atom. The molecular formula is C15H20N2O3S. The highest BCUT2D eigenvalue weighted by molar-refractivity contribution is 7.18. The maximum atomic E-state index is 12.4. The lowest BCUT2D eigenvalue weighted by Gasteiger charge is -2.10. The second-order valence-electron chi connectivity index (χ2n) is 5.53. The van der Waals surface area contributed by atoms with Gasteiger partial charge in [-0.25, -0.2) is 4.98 Å². The second kappa shape index (κ2) is 6.39. The minimum atomic E-state index is -0.394. The summed E-state index contributed by atoms with van der Waals surface area (Å²) in [5, 5.41) is 0.568. The molecule has 0 aliphatic rings. The van der Waals surface area contributed by atoms with Crippen LogP contribution in [0.3, 0.4) is 0 Å². The van der Waals surface area contributed by atoms with Crippen molar-refractivity contribution < 1.29 is 9.53 Å². The van der Waals surface area contributed by atoms with Crippen LogP contribution >= 0.6 is 11.3 Å². The van der Waals surface area contributed by atoms with Gasteiger partial charge in [0.2, 0.25) is 0 Å². The fourth-order valence-corrected chi connectivity index (χ4v) is 2.92. The van der Waals surface area contributed by atoms with Gasteiger partial charge in [0, 0.05) is 4.88 Å². The van der Waals surface area contributed by atoms with Gasteiger partial charge in [-0.2, -0.15) is 0 Å². The SMILES string of the molecule is Cc1cc2c(=O)n(CC(=O)OCCC(C)C)c(C)nc2s1. The highest BCUT2D eigenvalue weighted by Crippen LogP contribution is 2.20. The van der Waals surface area contributed by atoms with Crippen molar-refractivity contribution in [2.75, 3.05) is 6.61 Å². The molecule has 5 nitrogen and oxygen atoms in total. The lowest BCUT2D eigenvalue weighted by molar-refractivity contribution is -0.144. The maximum Gasteiger partial charge on any atom is 0.326 e. The number of rotatable bonds is 5. The molecule has 0 amide bonds. The number of hydrogen-bond donors (Lipinski definition) is 0. The molecule has 0 fully saturated rings. The molecule has 2 heterocycles. The summed E-state index contributed by atoms with van der Waals surface area (Å²) in [5.41, 5.74) is -0.178. The van der Waals surface area contributed by atoms with Crippen molar-refractivity contribution in [1.29, 1.82) is 0 Å². The summed E-state index contributed by atoms with van der Waals surface area (Å²) >= 11 is 1.48.